The average molecular weight is 358 g/mol. The van der Waals surface area contributed by atoms with Gasteiger partial charge in [0.25, 0.3) is 5.91 Å². The second kappa shape index (κ2) is 6.21. The zero-order valence-corrected chi connectivity index (χ0v) is 14.9. The van der Waals surface area contributed by atoms with Gasteiger partial charge in [-0.05, 0) is 30.3 Å². The minimum atomic E-state index is -3.34. The summed E-state index contributed by atoms with van der Waals surface area (Å²) in [6.45, 7) is 0. The van der Waals surface area contributed by atoms with Crippen molar-refractivity contribution in [2.45, 2.75) is 0 Å². The lowest BCUT2D eigenvalue weighted by Crippen LogP contribution is -2.17. The van der Waals surface area contributed by atoms with Gasteiger partial charge in [0.2, 0.25) is 10.0 Å². The number of aryl methyl sites for hydroxylation is 1. The topological polar surface area (TPSA) is 93.1 Å². The maximum absolute atomic E-state index is 11.6. The van der Waals surface area contributed by atoms with Crippen LogP contribution in [0.1, 0.15) is 10.4 Å². The van der Waals surface area contributed by atoms with Crippen LogP contribution >= 0.6 is 0 Å². The lowest BCUT2D eigenvalue weighted by atomic mass is 10.1. The SMILES string of the molecule is CNC(=O)c1ccc(-c2nc3cc(NS(C)(=O)=O)ccc3n2C)cc1. The van der Waals surface area contributed by atoms with Crippen molar-refractivity contribution < 1.29 is 13.2 Å². The molecule has 130 valence electrons. The van der Waals surface area contributed by atoms with E-state index in [1.807, 2.05) is 29.8 Å². The van der Waals surface area contributed by atoms with Gasteiger partial charge in [0.05, 0.1) is 23.0 Å². The lowest BCUT2D eigenvalue weighted by molar-refractivity contribution is 0.0963. The maximum Gasteiger partial charge on any atom is 0.251 e. The van der Waals surface area contributed by atoms with Crippen LogP contribution in [0.25, 0.3) is 22.4 Å². The molecule has 1 amide bonds. The Balaban J connectivity index is 2.02. The van der Waals surface area contributed by atoms with Crippen LogP contribution < -0.4 is 10.0 Å². The molecule has 8 heteroatoms. The molecule has 0 unspecified atom stereocenters. The van der Waals surface area contributed by atoms with Crippen LogP contribution in [0.15, 0.2) is 42.5 Å². The Bertz CT molecular complexity index is 1050. The van der Waals surface area contributed by atoms with E-state index in [4.69, 9.17) is 0 Å². The van der Waals surface area contributed by atoms with Crippen molar-refractivity contribution in [1.29, 1.82) is 0 Å². The first-order chi connectivity index (χ1) is 11.8. The predicted octanol–water partition coefficient (Wildman–Crippen LogP) is 1.97. The minimum absolute atomic E-state index is 0.145. The number of carbonyl (C=O) groups excluding carboxylic acids is 1. The van der Waals surface area contributed by atoms with E-state index in [1.165, 1.54) is 0 Å². The number of benzene rings is 2. The first-order valence-electron chi connectivity index (χ1n) is 7.55. The second-order valence-electron chi connectivity index (χ2n) is 5.73. The van der Waals surface area contributed by atoms with Gasteiger partial charge in [-0.25, -0.2) is 13.4 Å². The molecule has 0 radical (unpaired) electrons. The van der Waals surface area contributed by atoms with Crippen LogP contribution in [-0.2, 0) is 17.1 Å². The molecule has 25 heavy (non-hydrogen) atoms. The fourth-order valence-electron chi connectivity index (χ4n) is 2.65. The molecule has 0 spiro atoms. The first kappa shape index (κ1) is 17.0. The fraction of sp³-hybridized carbons (Fsp3) is 0.176. The number of nitrogens with zero attached hydrogens (tertiary/aromatic N) is 2. The quantitative estimate of drug-likeness (QED) is 0.746. The Labute approximate surface area is 145 Å². The van der Waals surface area contributed by atoms with Gasteiger partial charge in [-0.1, -0.05) is 12.1 Å². The van der Waals surface area contributed by atoms with Crippen molar-refractivity contribution in [1.82, 2.24) is 14.9 Å². The third-order valence-corrected chi connectivity index (χ3v) is 4.42. The van der Waals surface area contributed by atoms with Crippen molar-refractivity contribution in [3.05, 3.63) is 48.0 Å². The Morgan fingerprint density at radius 3 is 2.40 bits per heavy atom. The van der Waals surface area contributed by atoms with Crippen LogP contribution in [0, 0.1) is 0 Å². The Hall–Kier alpha value is -2.87. The Kier molecular flexibility index (Phi) is 4.22. The van der Waals surface area contributed by atoms with Crippen LogP contribution in [0.4, 0.5) is 5.69 Å². The summed E-state index contributed by atoms with van der Waals surface area (Å²) in [7, 11) is 0.138. The molecule has 0 bridgehead atoms. The number of sulfonamides is 1. The largest absolute Gasteiger partial charge is 0.355 e. The number of imidazole rings is 1. The summed E-state index contributed by atoms with van der Waals surface area (Å²) in [4.78, 5) is 16.2. The van der Waals surface area contributed by atoms with E-state index in [0.29, 0.717) is 16.8 Å². The van der Waals surface area contributed by atoms with Gasteiger partial charge in [0.1, 0.15) is 5.82 Å². The van der Waals surface area contributed by atoms with E-state index in [9.17, 15) is 13.2 Å². The summed E-state index contributed by atoms with van der Waals surface area (Å²) in [6, 6.07) is 12.4. The van der Waals surface area contributed by atoms with Gasteiger partial charge in [0, 0.05) is 25.2 Å². The van der Waals surface area contributed by atoms with Gasteiger partial charge in [-0.15, -0.1) is 0 Å². The highest BCUT2D eigenvalue weighted by Gasteiger charge is 2.12. The molecule has 3 rings (SSSR count). The molecule has 2 N–H and O–H groups in total. The van der Waals surface area contributed by atoms with Crippen LogP contribution in [0.3, 0.4) is 0 Å². The van der Waals surface area contributed by atoms with Gasteiger partial charge >= 0.3 is 0 Å². The number of carbonyl (C=O) groups is 1. The number of rotatable bonds is 4. The molecule has 0 aliphatic heterocycles. The number of hydrogen-bond donors (Lipinski definition) is 2. The summed E-state index contributed by atoms with van der Waals surface area (Å²) in [5, 5.41) is 2.58. The minimum Gasteiger partial charge on any atom is -0.355 e. The van der Waals surface area contributed by atoms with E-state index in [0.717, 1.165) is 23.2 Å². The molecule has 1 heterocycles. The summed E-state index contributed by atoms with van der Waals surface area (Å²) in [5.41, 5.74) is 3.47. The molecule has 0 aliphatic carbocycles. The molecule has 1 aromatic heterocycles. The lowest BCUT2D eigenvalue weighted by Gasteiger charge is -2.05. The smallest absolute Gasteiger partial charge is 0.251 e. The molecule has 7 nitrogen and oxygen atoms in total. The molecule has 0 fully saturated rings. The molecule has 2 aromatic carbocycles. The Morgan fingerprint density at radius 2 is 1.80 bits per heavy atom. The molecular formula is C17H18N4O3S. The third-order valence-electron chi connectivity index (χ3n) is 3.82. The maximum atomic E-state index is 11.6. The number of fused-ring (bicyclic) bond motifs is 1. The molecular weight excluding hydrogens is 340 g/mol. The highest BCUT2D eigenvalue weighted by atomic mass is 32.2. The predicted molar refractivity (Wildman–Crippen MR) is 98.0 cm³/mol. The van der Waals surface area contributed by atoms with Crippen molar-refractivity contribution in [3.63, 3.8) is 0 Å². The van der Waals surface area contributed by atoms with E-state index < -0.39 is 10.0 Å². The number of nitrogens with one attached hydrogen (secondary N) is 2. The van der Waals surface area contributed by atoms with Crippen LogP contribution in [0.5, 0.6) is 0 Å². The number of anilines is 1. The van der Waals surface area contributed by atoms with Crippen LogP contribution in [0.2, 0.25) is 0 Å². The average Bonchev–Trinajstić information content (AvgIpc) is 2.89. The van der Waals surface area contributed by atoms with Gasteiger partial charge in [-0.2, -0.15) is 0 Å². The number of amides is 1. The number of aromatic nitrogens is 2. The normalized spacial score (nSPS) is 11.5. The fourth-order valence-corrected chi connectivity index (χ4v) is 3.21. The van der Waals surface area contributed by atoms with Gasteiger partial charge < -0.3 is 9.88 Å². The standard InChI is InChI=1S/C17H18N4O3S/c1-18-17(22)12-6-4-11(5-7-12)16-19-14-10-13(20-25(3,23)24)8-9-15(14)21(16)2/h4-10,20H,1-3H3,(H,18,22). The van der Waals surface area contributed by atoms with E-state index in [1.54, 1.807) is 31.3 Å². The summed E-state index contributed by atoms with van der Waals surface area (Å²) in [5.74, 6) is 0.586. The van der Waals surface area contributed by atoms with Crippen molar-refractivity contribution in [2.75, 3.05) is 18.0 Å². The highest BCUT2D eigenvalue weighted by Crippen LogP contribution is 2.26. The zero-order valence-electron chi connectivity index (χ0n) is 14.1. The molecule has 0 aliphatic rings. The van der Waals surface area contributed by atoms with E-state index in [2.05, 4.69) is 15.0 Å². The van der Waals surface area contributed by atoms with Gasteiger partial charge in [0.15, 0.2) is 0 Å². The second-order valence-corrected chi connectivity index (χ2v) is 7.48. The van der Waals surface area contributed by atoms with E-state index in [-0.39, 0.29) is 5.91 Å². The van der Waals surface area contributed by atoms with Crippen molar-refractivity contribution in [2.24, 2.45) is 7.05 Å². The van der Waals surface area contributed by atoms with Crippen molar-refractivity contribution in [3.8, 4) is 11.4 Å². The van der Waals surface area contributed by atoms with Gasteiger partial charge in [-0.3, -0.25) is 9.52 Å². The Morgan fingerprint density at radius 1 is 1.12 bits per heavy atom. The highest BCUT2D eigenvalue weighted by molar-refractivity contribution is 7.92. The summed E-state index contributed by atoms with van der Waals surface area (Å²) in [6.07, 6.45) is 1.11. The molecule has 0 saturated heterocycles. The first-order valence-corrected chi connectivity index (χ1v) is 9.44. The summed E-state index contributed by atoms with van der Waals surface area (Å²) < 4.78 is 27.1. The summed E-state index contributed by atoms with van der Waals surface area (Å²) >= 11 is 0. The monoisotopic (exact) mass is 358 g/mol. The molecule has 3 aromatic rings. The number of hydrogen-bond acceptors (Lipinski definition) is 4. The van der Waals surface area contributed by atoms with Crippen molar-refractivity contribution >= 4 is 32.7 Å². The van der Waals surface area contributed by atoms with E-state index >= 15 is 0 Å². The molecule has 0 atom stereocenters. The zero-order chi connectivity index (χ0) is 18.2. The van der Waals surface area contributed by atoms with Crippen LogP contribution in [-0.4, -0.2) is 37.2 Å². The third kappa shape index (κ3) is 3.48. The molecule has 0 saturated carbocycles.